The second-order valence-corrected chi connectivity index (χ2v) is 5.87. The Labute approximate surface area is 152 Å². The van der Waals surface area contributed by atoms with Crippen LogP contribution in [0.3, 0.4) is 0 Å². The first-order valence-electron chi connectivity index (χ1n) is 7.95. The van der Waals surface area contributed by atoms with Crippen LogP contribution in [0.25, 0.3) is 0 Å². The maximum atomic E-state index is 4.85. The Morgan fingerprint density at radius 3 is 2.41 bits per heavy atom. The summed E-state index contributed by atoms with van der Waals surface area (Å²) in [4.78, 5) is 9.42. The summed E-state index contributed by atoms with van der Waals surface area (Å²) in [5.41, 5.74) is 2.68. The second-order valence-electron chi connectivity index (χ2n) is 5.87. The van der Waals surface area contributed by atoms with Gasteiger partial charge in [0.2, 0.25) is 0 Å². The molecule has 124 valence electrons. The molecule has 0 atom stereocenters. The molecule has 0 radical (unpaired) electrons. The lowest BCUT2D eigenvalue weighted by molar-refractivity contribution is 0.401. The number of rotatable bonds is 5. The summed E-state index contributed by atoms with van der Waals surface area (Å²) >= 11 is 0. The number of nitrogens with one attached hydrogen (secondary N) is 1. The number of hydrogen-bond acceptors (Lipinski definition) is 2. The summed E-state index contributed by atoms with van der Waals surface area (Å²) in [5, 5.41) is 3.42. The van der Waals surface area contributed by atoms with Crippen LogP contribution in [0.2, 0.25) is 0 Å². The lowest BCUT2D eigenvalue weighted by atomic mass is 10.1. The van der Waals surface area contributed by atoms with Crippen molar-refractivity contribution in [1.82, 2.24) is 15.1 Å². The average molecular weight is 416 g/mol. The van der Waals surface area contributed by atoms with Crippen LogP contribution in [0.5, 0.6) is 0 Å². The van der Waals surface area contributed by atoms with Gasteiger partial charge in [0.15, 0.2) is 5.96 Å². The Balaban J connectivity index is 0.00000242. The van der Waals surface area contributed by atoms with Gasteiger partial charge in [-0.05, 0) is 45.0 Å². The number of hydrogen-bond donors (Lipinski definition) is 1. The van der Waals surface area contributed by atoms with E-state index in [1.807, 2.05) is 0 Å². The fourth-order valence-corrected chi connectivity index (χ4v) is 2.72. The molecule has 1 saturated heterocycles. The van der Waals surface area contributed by atoms with Gasteiger partial charge < -0.3 is 15.1 Å². The molecule has 0 spiro atoms. The molecule has 1 N–H and O–H groups in total. The van der Waals surface area contributed by atoms with E-state index < -0.39 is 0 Å². The zero-order chi connectivity index (χ0) is 15.1. The molecule has 5 heteroatoms. The summed E-state index contributed by atoms with van der Waals surface area (Å²) in [6.45, 7) is 7.03. The van der Waals surface area contributed by atoms with Gasteiger partial charge in [-0.3, -0.25) is 0 Å². The molecule has 4 nitrogen and oxygen atoms in total. The molecule has 1 aliphatic heterocycles. The molecular formula is C17H29IN4. The van der Waals surface area contributed by atoms with Crippen molar-refractivity contribution in [2.75, 3.05) is 33.7 Å². The smallest absolute Gasteiger partial charge is 0.194 e. The first kappa shape index (κ1) is 19.2. The highest BCUT2D eigenvalue weighted by Crippen LogP contribution is 2.13. The summed E-state index contributed by atoms with van der Waals surface area (Å²) in [5.74, 6) is 1.06. The first-order valence-corrected chi connectivity index (χ1v) is 7.95. The van der Waals surface area contributed by atoms with Crippen molar-refractivity contribution in [3.63, 3.8) is 0 Å². The van der Waals surface area contributed by atoms with Crippen molar-refractivity contribution in [2.45, 2.75) is 32.9 Å². The topological polar surface area (TPSA) is 30.9 Å². The highest BCUT2D eigenvalue weighted by Gasteiger charge is 2.15. The van der Waals surface area contributed by atoms with E-state index >= 15 is 0 Å². The molecule has 0 saturated carbocycles. The largest absolute Gasteiger partial charge is 0.357 e. The third-order valence-corrected chi connectivity index (χ3v) is 3.74. The maximum Gasteiger partial charge on any atom is 0.194 e. The van der Waals surface area contributed by atoms with E-state index in [2.05, 4.69) is 60.4 Å². The van der Waals surface area contributed by atoms with Crippen molar-refractivity contribution in [2.24, 2.45) is 4.99 Å². The van der Waals surface area contributed by atoms with E-state index in [1.165, 1.54) is 24.0 Å². The van der Waals surface area contributed by atoms with E-state index in [4.69, 9.17) is 4.99 Å². The van der Waals surface area contributed by atoms with Crippen molar-refractivity contribution in [3.8, 4) is 0 Å². The van der Waals surface area contributed by atoms with Gasteiger partial charge in [-0.25, -0.2) is 4.99 Å². The van der Waals surface area contributed by atoms with Gasteiger partial charge in [-0.2, -0.15) is 0 Å². The number of aliphatic imine (C=N–C) groups is 1. The summed E-state index contributed by atoms with van der Waals surface area (Å²) in [7, 11) is 4.21. The van der Waals surface area contributed by atoms with Crippen LogP contribution >= 0.6 is 24.0 Å². The van der Waals surface area contributed by atoms with E-state index in [1.54, 1.807) is 0 Å². The predicted molar refractivity (Wildman–Crippen MR) is 105 cm³/mol. The molecule has 0 aliphatic carbocycles. The Morgan fingerprint density at radius 1 is 1.18 bits per heavy atom. The van der Waals surface area contributed by atoms with Gasteiger partial charge >= 0.3 is 0 Å². The Hall–Kier alpha value is -0.820. The van der Waals surface area contributed by atoms with E-state index in [0.717, 1.165) is 38.7 Å². The highest BCUT2D eigenvalue weighted by molar-refractivity contribution is 14.0. The molecule has 1 aromatic carbocycles. The Kier molecular flexibility index (Phi) is 8.78. The molecule has 0 amide bonds. The zero-order valence-electron chi connectivity index (χ0n) is 14.0. The Morgan fingerprint density at radius 2 is 1.82 bits per heavy atom. The van der Waals surface area contributed by atoms with Gasteiger partial charge in [0, 0.05) is 26.2 Å². The minimum Gasteiger partial charge on any atom is -0.357 e. The van der Waals surface area contributed by atoms with Gasteiger partial charge in [-0.15, -0.1) is 24.0 Å². The van der Waals surface area contributed by atoms with Crippen LogP contribution < -0.4 is 5.32 Å². The first-order chi connectivity index (χ1) is 10.2. The van der Waals surface area contributed by atoms with E-state index in [9.17, 15) is 0 Å². The predicted octanol–water partition coefficient (Wildman–Crippen LogP) is 2.93. The molecule has 0 aromatic heterocycles. The van der Waals surface area contributed by atoms with Crippen LogP contribution in [-0.2, 0) is 13.1 Å². The number of halogens is 1. The minimum atomic E-state index is 0. The molecule has 1 heterocycles. The van der Waals surface area contributed by atoms with Crippen LogP contribution in [-0.4, -0.2) is 49.5 Å². The summed E-state index contributed by atoms with van der Waals surface area (Å²) in [6.07, 6.45) is 2.56. The zero-order valence-corrected chi connectivity index (χ0v) is 16.3. The number of guanidine groups is 1. The van der Waals surface area contributed by atoms with Crippen molar-refractivity contribution >= 4 is 29.9 Å². The van der Waals surface area contributed by atoms with Crippen molar-refractivity contribution in [1.29, 1.82) is 0 Å². The van der Waals surface area contributed by atoms with Gasteiger partial charge in [0.1, 0.15) is 0 Å². The molecule has 1 aromatic rings. The number of benzene rings is 1. The highest BCUT2D eigenvalue weighted by atomic mass is 127. The lowest BCUT2D eigenvalue weighted by Crippen LogP contribution is -2.39. The molecule has 2 rings (SSSR count). The van der Waals surface area contributed by atoms with E-state index in [-0.39, 0.29) is 24.0 Å². The average Bonchev–Trinajstić information content (AvgIpc) is 2.98. The summed E-state index contributed by atoms with van der Waals surface area (Å²) < 4.78 is 0. The van der Waals surface area contributed by atoms with Gasteiger partial charge in [-0.1, -0.05) is 24.3 Å². The van der Waals surface area contributed by atoms with Crippen LogP contribution in [0, 0.1) is 0 Å². The minimum absolute atomic E-state index is 0. The van der Waals surface area contributed by atoms with Crippen LogP contribution in [0.1, 0.15) is 30.9 Å². The lowest BCUT2D eigenvalue weighted by Gasteiger charge is -2.21. The quantitative estimate of drug-likeness (QED) is 0.455. The van der Waals surface area contributed by atoms with E-state index in [0.29, 0.717) is 0 Å². The van der Waals surface area contributed by atoms with Gasteiger partial charge in [0.25, 0.3) is 0 Å². The van der Waals surface area contributed by atoms with Crippen molar-refractivity contribution in [3.05, 3.63) is 35.4 Å². The SMILES string of the molecule is CCNC(=NCc1ccccc1CN(C)C)N1CCCC1.I. The fourth-order valence-electron chi connectivity index (χ4n) is 2.72. The van der Waals surface area contributed by atoms with Gasteiger partial charge in [0.05, 0.1) is 6.54 Å². The Bertz CT molecular complexity index is 467. The molecule has 22 heavy (non-hydrogen) atoms. The molecule has 0 bridgehead atoms. The molecular weight excluding hydrogens is 387 g/mol. The monoisotopic (exact) mass is 416 g/mol. The summed E-state index contributed by atoms with van der Waals surface area (Å²) in [6, 6.07) is 8.61. The third-order valence-electron chi connectivity index (χ3n) is 3.74. The van der Waals surface area contributed by atoms with Crippen LogP contribution in [0.15, 0.2) is 29.3 Å². The maximum absolute atomic E-state index is 4.85. The standard InChI is InChI=1S/C17H28N4.HI/c1-4-18-17(21-11-7-8-12-21)19-13-15-9-5-6-10-16(15)14-20(2)3;/h5-6,9-10H,4,7-8,11-14H2,1-3H3,(H,18,19);1H. The normalized spacial score (nSPS) is 15.1. The number of likely N-dealkylation sites (tertiary alicyclic amines) is 1. The van der Waals surface area contributed by atoms with Crippen molar-refractivity contribution < 1.29 is 0 Å². The van der Waals surface area contributed by atoms with Crippen LogP contribution in [0.4, 0.5) is 0 Å². The molecule has 1 aliphatic rings. The number of nitrogens with zero attached hydrogens (tertiary/aromatic N) is 3. The second kappa shape index (κ2) is 10.0. The molecule has 0 unspecified atom stereocenters. The third kappa shape index (κ3) is 5.76. The molecule has 1 fully saturated rings. The fraction of sp³-hybridized carbons (Fsp3) is 0.588.